The Morgan fingerprint density at radius 3 is 2.53 bits per heavy atom. The average Bonchev–Trinajstić information content (AvgIpc) is 2.68. The van der Waals surface area contributed by atoms with Gasteiger partial charge in [-0.05, 0) is 24.8 Å². The Hall–Kier alpha value is -1.14. The standard InChI is InChI=1S/C13H24N2O4/c1-13(2,5-6-14)4-3-11(17)15-8-9(16)7-10(15)12(18)19/h9-10,16H,3-8,14H2,1-2H3,(H,18,19). The molecule has 19 heavy (non-hydrogen) atoms. The van der Waals surface area contributed by atoms with Crippen molar-refractivity contribution < 1.29 is 19.8 Å². The first-order chi connectivity index (χ1) is 8.76. The van der Waals surface area contributed by atoms with Gasteiger partial charge in [-0.1, -0.05) is 13.8 Å². The van der Waals surface area contributed by atoms with Crippen LogP contribution < -0.4 is 5.73 Å². The van der Waals surface area contributed by atoms with E-state index in [1.165, 1.54) is 4.90 Å². The van der Waals surface area contributed by atoms with Crippen molar-refractivity contribution in [3.05, 3.63) is 0 Å². The van der Waals surface area contributed by atoms with E-state index in [1.807, 2.05) is 13.8 Å². The summed E-state index contributed by atoms with van der Waals surface area (Å²) in [6, 6.07) is -0.889. The molecule has 1 aliphatic heterocycles. The Balaban J connectivity index is 2.55. The summed E-state index contributed by atoms with van der Waals surface area (Å²) in [6.07, 6.45) is 1.17. The van der Waals surface area contributed by atoms with E-state index in [1.54, 1.807) is 0 Å². The monoisotopic (exact) mass is 272 g/mol. The van der Waals surface area contributed by atoms with Gasteiger partial charge in [0.25, 0.3) is 0 Å². The highest BCUT2D eigenvalue weighted by atomic mass is 16.4. The number of aliphatic hydroxyl groups excluding tert-OH is 1. The van der Waals surface area contributed by atoms with Crippen molar-refractivity contribution >= 4 is 11.9 Å². The number of nitrogens with zero attached hydrogens (tertiary/aromatic N) is 1. The molecule has 1 saturated heterocycles. The highest BCUT2D eigenvalue weighted by molar-refractivity contribution is 5.84. The highest BCUT2D eigenvalue weighted by Crippen LogP contribution is 2.27. The lowest BCUT2D eigenvalue weighted by Crippen LogP contribution is -2.40. The van der Waals surface area contributed by atoms with E-state index in [0.29, 0.717) is 19.4 Å². The SMILES string of the molecule is CC(C)(CCN)CCC(=O)N1CC(O)CC1C(=O)O. The molecule has 0 bridgehead atoms. The van der Waals surface area contributed by atoms with E-state index >= 15 is 0 Å². The summed E-state index contributed by atoms with van der Waals surface area (Å²) in [5, 5.41) is 18.5. The minimum Gasteiger partial charge on any atom is -0.480 e. The van der Waals surface area contributed by atoms with E-state index in [4.69, 9.17) is 10.8 Å². The third-order valence-electron chi connectivity index (χ3n) is 3.72. The molecular weight excluding hydrogens is 248 g/mol. The molecule has 0 radical (unpaired) electrons. The van der Waals surface area contributed by atoms with E-state index in [-0.39, 0.29) is 24.3 Å². The number of hydrogen-bond acceptors (Lipinski definition) is 4. The number of carboxylic acids is 1. The molecule has 1 amide bonds. The number of aliphatic hydroxyl groups is 1. The van der Waals surface area contributed by atoms with Crippen LogP contribution in [0.4, 0.5) is 0 Å². The van der Waals surface area contributed by atoms with Gasteiger partial charge >= 0.3 is 5.97 Å². The molecule has 0 saturated carbocycles. The summed E-state index contributed by atoms with van der Waals surface area (Å²) in [6.45, 7) is 4.77. The zero-order chi connectivity index (χ0) is 14.6. The Bertz CT molecular complexity index is 344. The average molecular weight is 272 g/mol. The van der Waals surface area contributed by atoms with Gasteiger partial charge < -0.3 is 20.8 Å². The third-order valence-corrected chi connectivity index (χ3v) is 3.72. The quantitative estimate of drug-likeness (QED) is 0.640. The van der Waals surface area contributed by atoms with E-state index in [0.717, 1.165) is 6.42 Å². The molecule has 2 unspecified atom stereocenters. The molecule has 2 atom stereocenters. The molecule has 0 aliphatic carbocycles. The summed E-state index contributed by atoms with van der Waals surface area (Å²) in [5.41, 5.74) is 5.49. The Kier molecular flexibility index (Phi) is 5.31. The summed E-state index contributed by atoms with van der Waals surface area (Å²) < 4.78 is 0. The minimum absolute atomic E-state index is 0.0263. The van der Waals surface area contributed by atoms with Gasteiger partial charge in [-0.2, -0.15) is 0 Å². The summed E-state index contributed by atoms with van der Waals surface area (Å²) in [4.78, 5) is 24.4. The molecule has 1 aliphatic rings. The molecule has 0 aromatic rings. The summed E-state index contributed by atoms with van der Waals surface area (Å²) >= 11 is 0. The predicted molar refractivity (Wildman–Crippen MR) is 70.4 cm³/mol. The van der Waals surface area contributed by atoms with E-state index < -0.39 is 18.1 Å². The van der Waals surface area contributed by atoms with Crippen molar-refractivity contribution in [1.29, 1.82) is 0 Å². The van der Waals surface area contributed by atoms with Crippen LogP contribution in [0.15, 0.2) is 0 Å². The molecule has 110 valence electrons. The smallest absolute Gasteiger partial charge is 0.326 e. The van der Waals surface area contributed by atoms with Crippen molar-refractivity contribution in [2.45, 2.75) is 51.7 Å². The maximum Gasteiger partial charge on any atom is 0.326 e. The fraction of sp³-hybridized carbons (Fsp3) is 0.846. The maximum atomic E-state index is 12.1. The lowest BCUT2D eigenvalue weighted by atomic mass is 9.84. The Morgan fingerprint density at radius 1 is 1.37 bits per heavy atom. The number of nitrogens with two attached hydrogens (primary N) is 1. The van der Waals surface area contributed by atoms with Crippen LogP contribution in [0.25, 0.3) is 0 Å². The molecular formula is C13H24N2O4. The number of β-amino-alcohol motifs (C(OH)–C–C–N with tert-alkyl or cyclic N) is 1. The number of rotatable bonds is 6. The first-order valence-corrected chi connectivity index (χ1v) is 6.67. The van der Waals surface area contributed by atoms with Crippen LogP contribution in [0.1, 0.15) is 39.5 Å². The van der Waals surface area contributed by atoms with Crippen LogP contribution in [-0.4, -0.2) is 52.2 Å². The molecule has 0 aromatic carbocycles. The molecule has 0 spiro atoms. The molecule has 1 heterocycles. The normalized spacial score (nSPS) is 23.7. The zero-order valence-corrected chi connectivity index (χ0v) is 11.6. The second-order valence-electron chi connectivity index (χ2n) is 5.99. The summed E-state index contributed by atoms with van der Waals surface area (Å²) in [7, 11) is 0. The molecule has 6 heteroatoms. The zero-order valence-electron chi connectivity index (χ0n) is 11.6. The van der Waals surface area contributed by atoms with Crippen LogP contribution in [-0.2, 0) is 9.59 Å². The van der Waals surface area contributed by atoms with Crippen molar-refractivity contribution in [2.24, 2.45) is 11.1 Å². The lowest BCUT2D eigenvalue weighted by molar-refractivity contribution is -0.148. The van der Waals surface area contributed by atoms with Crippen molar-refractivity contribution in [3.63, 3.8) is 0 Å². The van der Waals surface area contributed by atoms with Gasteiger partial charge in [-0.3, -0.25) is 4.79 Å². The Labute approximate surface area is 113 Å². The molecule has 1 fully saturated rings. The summed E-state index contributed by atoms with van der Waals surface area (Å²) in [5.74, 6) is -1.25. The van der Waals surface area contributed by atoms with Gasteiger partial charge in [0.1, 0.15) is 6.04 Å². The van der Waals surface area contributed by atoms with Crippen LogP contribution >= 0.6 is 0 Å². The number of amides is 1. The molecule has 4 N–H and O–H groups in total. The van der Waals surface area contributed by atoms with Gasteiger partial charge in [-0.25, -0.2) is 4.79 Å². The third kappa shape index (κ3) is 4.47. The maximum absolute atomic E-state index is 12.1. The number of hydrogen-bond donors (Lipinski definition) is 3. The molecule has 6 nitrogen and oxygen atoms in total. The van der Waals surface area contributed by atoms with Gasteiger partial charge in [-0.15, -0.1) is 0 Å². The highest BCUT2D eigenvalue weighted by Gasteiger charge is 2.38. The van der Waals surface area contributed by atoms with E-state index in [9.17, 15) is 14.7 Å². The van der Waals surface area contributed by atoms with Crippen LogP contribution in [0, 0.1) is 5.41 Å². The predicted octanol–water partition coefficient (Wildman–Crippen LogP) is 0.188. The Morgan fingerprint density at radius 2 is 2.00 bits per heavy atom. The van der Waals surface area contributed by atoms with Crippen LogP contribution in [0.3, 0.4) is 0 Å². The fourth-order valence-electron chi connectivity index (χ4n) is 2.43. The molecule has 0 aromatic heterocycles. The topological polar surface area (TPSA) is 104 Å². The second-order valence-corrected chi connectivity index (χ2v) is 5.99. The fourth-order valence-corrected chi connectivity index (χ4v) is 2.43. The van der Waals surface area contributed by atoms with E-state index in [2.05, 4.69) is 0 Å². The van der Waals surface area contributed by atoms with Crippen molar-refractivity contribution in [2.75, 3.05) is 13.1 Å². The number of carbonyl (C=O) groups excluding carboxylic acids is 1. The number of carbonyl (C=O) groups is 2. The number of likely N-dealkylation sites (tertiary alicyclic amines) is 1. The van der Waals surface area contributed by atoms with Gasteiger partial charge in [0.15, 0.2) is 0 Å². The second kappa shape index (κ2) is 6.34. The van der Waals surface area contributed by atoms with Crippen molar-refractivity contribution in [3.8, 4) is 0 Å². The van der Waals surface area contributed by atoms with Crippen LogP contribution in [0.5, 0.6) is 0 Å². The lowest BCUT2D eigenvalue weighted by Gasteiger charge is -2.26. The molecule has 1 rings (SSSR count). The van der Waals surface area contributed by atoms with Crippen molar-refractivity contribution in [1.82, 2.24) is 4.90 Å². The number of carboxylic acid groups (broad SMARTS) is 1. The van der Waals surface area contributed by atoms with Gasteiger partial charge in [0, 0.05) is 19.4 Å². The first kappa shape index (κ1) is 15.9. The number of aliphatic carboxylic acids is 1. The van der Waals surface area contributed by atoms with Gasteiger partial charge in [0.2, 0.25) is 5.91 Å². The largest absolute Gasteiger partial charge is 0.480 e. The minimum atomic E-state index is -1.05. The van der Waals surface area contributed by atoms with Crippen LogP contribution in [0.2, 0.25) is 0 Å². The first-order valence-electron chi connectivity index (χ1n) is 6.67. The van der Waals surface area contributed by atoms with Gasteiger partial charge in [0.05, 0.1) is 6.10 Å².